The maximum absolute atomic E-state index is 2.93. The van der Waals surface area contributed by atoms with Crippen LogP contribution in [0, 0.1) is 0 Å². The van der Waals surface area contributed by atoms with Crippen molar-refractivity contribution in [1.29, 1.82) is 0 Å². The van der Waals surface area contributed by atoms with Crippen molar-refractivity contribution in [2.24, 2.45) is 0 Å². The van der Waals surface area contributed by atoms with E-state index in [0.717, 1.165) is 9.44 Å². The summed E-state index contributed by atoms with van der Waals surface area (Å²) >= 11 is -2.06. The summed E-state index contributed by atoms with van der Waals surface area (Å²) in [6.07, 6.45) is 41.0. The van der Waals surface area contributed by atoms with Crippen molar-refractivity contribution >= 4 is 72.7 Å². The summed E-state index contributed by atoms with van der Waals surface area (Å²) < 4.78 is 2.21. The standard InChI is InChI=1S/3C28H63Si3.Cr/c3*1-10-19-29(20-11-2,21-12-3)28(30(22-13-4,23-14-5)24-15-6)31(25-16-7,26-17-8)27-18-9;/h3*10-27H2,1-9H3;/q;;;+3. The average Bonchev–Trinajstić information content (AvgIpc) is 0.622. The van der Waals surface area contributed by atoms with Crippen molar-refractivity contribution in [1.82, 2.24) is 0 Å². The summed E-state index contributed by atoms with van der Waals surface area (Å²) in [5.41, 5.74) is 0. The van der Waals surface area contributed by atoms with Gasteiger partial charge in [0.15, 0.2) is 0 Å². The van der Waals surface area contributed by atoms with Crippen molar-refractivity contribution in [3.63, 3.8) is 0 Å². The van der Waals surface area contributed by atoms with Crippen molar-refractivity contribution < 1.29 is 14.1 Å². The third-order valence-corrected chi connectivity index (χ3v) is 137. The van der Waals surface area contributed by atoms with E-state index in [1.54, 1.807) is 163 Å². The van der Waals surface area contributed by atoms with E-state index in [-0.39, 0.29) is 0 Å². The fourth-order valence-corrected chi connectivity index (χ4v) is 192. The van der Waals surface area contributed by atoms with E-state index >= 15 is 0 Å². The third-order valence-electron chi connectivity index (χ3n) is 27.3. The Morgan fingerprint density at radius 2 is 0.170 bits per heavy atom. The molecule has 0 unspecified atom stereocenters. The summed E-state index contributed by atoms with van der Waals surface area (Å²) in [5.74, 6) is 0. The van der Waals surface area contributed by atoms with Crippen LogP contribution in [0.2, 0.25) is 173 Å². The van der Waals surface area contributed by atoms with Crippen LogP contribution < -0.4 is 0 Å². The molecule has 0 atom stereocenters. The maximum atomic E-state index is 2.93. The molecule has 0 fully saturated rings. The van der Waals surface area contributed by atoms with Gasteiger partial charge < -0.3 is 0 Å². The van der Waals surface area contributed by atoms with Crippen LogP contribution >= 0.6 is 0 Å². The van der Waals surface area contributed by atoms with Crippen molar-refractivity contribution in [3.8, 4) is 0 Å². The molecule has 0 N–H and O–H groups in total. The fraction of sp³-hybridized carbons (Fsp3) is 1.00. The van der Waals surface area contributed by atoms with Gasteiger partial charge in [0.25, 0.3) is 0 Å². The van der Waals surface area contributed by atoms with Crippen LogP contribution in [0.4, 0.5) is 0 Å². The summed E-state index contributed by atoms with van der Waals surface area (Å²) in [7, 11) is -21.8. The molecule has 0 aromatic carbocycles. The normalized spacial score (nSPS) is 14.1. The predicted molar refractivity (Wildman–Crippen MR) is 468 cm³/mol. The molecule has 0 saturated heterocycles. The first kappa shape index (κ1) is 96.5. The Hall–Kier alpha value is 2.48. The van der Waals surface area contributed by atoms with Crippen LogP contribution in [0.15, 0.2) is 0 Å². The van der Waals surface area contributed by atoms with E-state index in [1.165, 1.54) is 173 Å². The topological polar surface area (TPSA) is 0 Å². The second-order valence-electron chi connectivity index (χ2n) is 34.1. The van der Waals surface area contributed by atoms with Gasteiger partial charge >= 0.3 is 620 Å². The molecule has 0 nitrogen and oxygen atoms in total. The van der Waals surface area contributed by atoms with Gasteiger partial charge in [-0.2, -0.15) is 0 Å². The van der Waals surface area contributed by atoms with Crippen molar-refractivity contribution in [2.45, 2.75) is 533 Å². The molecule has 0 aromatic rings. The van der Waals surface area contributed by atoms with Gasteiger partial charge in [-0.1, -0.05) is 0 Å². The Morgan fingerprint density at radius 3 is 0.213 bits per heavy atom. The van der Waals surface area contributed by atoms with Gasteiger partial charge in [-0.3, -0.25) is 0 Å². The van der Waals surface area contributed by atoms with Gasteiger partial charge in [0.1, 0.15) is 0 Å². The molecule has 0 saturated carbocycles. The summed E-state index contributed by atoms with van der Waals surface area (Å²) in [6.45, 7) is 79.0. The number of rotatable bonds is 66. The molecule has 564 valence electrons. The molecule has 0 radical (unpaired) electrons. The van der Waals surface area contributed by atoms with E-state index in [2.05, 4.69) is 187 Å². The first-order chi connectivity index (χ1) is 45.3. The van der Waals surface area contributed by atoms with E-state index < -0.39 is 86.8 Å². The minimum atomic E-state index is -2.43. The van der Waals surface area contributed by atoms with Gasteiger partial charge in [-0.05, 0) is 0 Å². The molecular formula is C84H189CrSi9+3. The number of hydrogen-bond donors (Lipinski definition) is 0. The fourth-order valence-electron chi connectivity index (χ4n) is 28.7. The Balaban J connectivity index is 15.9. The van der Waals surface area contributed by atoms with E-state index in [1.807, 2.05) is 0 Å². The quantitative estimate of drug-likeness (QED) is 0.0533. The molecular weight excluding hydrogens is 1310 g/mol. The Bertz CT molecular complexity index is 1280. The van der Waals surface area contributed by atoms with Gasteiger partial charge in [-0.25, -0.2) is 0 Å². The zero-order valence-corrected chi connectivity index (χ0v) is 81.9. The molecule has 0 rings (SSSR count). The SMILES string of the molecule is CCC[Si](CCC)(CCC)[C]([Cr+3]([C]([Si](CCC)(CCC)CCC)([Si](CCC)(CCC)CCC)[Si](CCC)(CCC)CCC)[C]([Si](CCC)(CCC)CCC)([Si](CCC)(CCC)CCC)[Si](CCC)(CCC)CCC)([Si](CCC)(CCC)CCC)[Si](CCC)(CCC)CCC. The second kappa shape index (κ2) is 49.3. The average molecular weight is 1500 g/mol. The van der Waals surface area contributed by atoms with E-state index in [0.29, 0.717) is 0 Å². The molecule has 0 spiro atoms. The molecule has 0 bridgehead atoms. The summed E-state index contributed by atoms with van der Waals surface area (Å²) in [5, 5.41) is 0. The Morgan fingerprint density at radius 1 is 0.117 bits per heavy atom. The molecule has 0 aliphatic rings. The molecule has 94 heavy (non-hydrogen) atoms. The Labute approximate surface area is 614 Å². The van der Waals surface area contributed by atoms with Crippen LogP contribution in [0.1, 0.15) is 360 Å². The van der Waals surface area contributed by atoms with Gasteiger partial charge in [0, 0.05) is 0 Å². The summed E-state index contributed by atoms with van der Waals surface area (Å²) in [6, 6.07) is 47.5. The van der Waals surface area contributed by atoms with Crippen LogP contribution in [-0.2, 0) is 14.1 Å². The zero-order valence-electron chi connectivity index (χ0n) is 71.6. The number of hydrogen-bond acceptors (Lipinski definition) is 0. The second-order valence-corrected chi connectivity index (χ2v) is 91.1. The molecule has 0 amide bonds. The van der Waals surface area contributed by atoms with E-state index in [4.69, 9.17) is 0 Å². The molecule has 10 heteroatoms. The van der Waals surface area contributed by atoms with Crippen LogP contribution in [-0.4, -0.2) is 72.7 Å². The molecule has 0 aliphatic carbocycles. The van der Waals surface area contributed by atoms with Crippen LogP contribution in [0.3, 0.4) is 0 Å². The Kier molecular flexibility index (Phi) is 50.6. The monoisotopic (exact) mass is 1500 g/mol. The van der Waals surface area contributed by atoms with Gasteiger partial charge in [-0.15, -0.1) is 0 Å². The third kappa shape index (κ3) is 18.8. The van der Waals surface area contributed by atoms with Crippen molar-refractivity contribution in [2.75, 3.05) is 0 Å². The zero-order chi connectivity index (χ0) is 71.8. The van der Waals surface area contributed by atoms with E-state index in [9.17, 15) is 0 Å². The van der Waals surface area contributed by atoms with Crippen molar-refractivity contribution in [3.05, 3.63) is 0 Å². The van der Waals surface area contributed by atoms with Gasteiger partial charge in [0.05, 0.1) is 0 Å². The molecule has 0 aromatic heterocycles. The van der Waals surface area contributed by atoms with Gasteiger partial charge in [0.2, 0.25) is 0 Å². The predicted octanol–water partition coefficient (Wildman–Crippen LogP) is 34.0. The van der Waals surface area contributed by atoms with Crippen LogP contribution in [0.25, 0.3) is 0 Å². The molecule has 0 aliphatic heterocycles. The first-order valence-electron chi connectivity index (χ1n) is 45.0. The minimum absolute atomic E-state index is 0.738. The van der Waals surface area contributed by atoms with Crippen LogP contribution in [0.5, 0.6) is 0 Å². The first-order valence-corrected chi connectivity index (χ1v) is 70.5. The molecule has 0 heterocycles. The summed E-state index contributed by atoms with van der Waals surface area (Å²) in [4.78, 5) is 0.